The fraction of sp³-hybridized carbons (Fsp3) is 0.462. The van der Waals surface area contributed by atoms with Gasteiger partial charge in [0.1, 0.15) is 5.56 Å². The third-order valence-corrected chi connectivity index (χ3v) is 3.80. The van der Waals surface area contributed by atoms with Crippen molar-refractivity contribution in [1.29, 1.82) is 0 Å². The number of likely N-dealkylation sites (tertiary alicyclic amines) is 1. The fourth-order valence-electron chi connectivity index (χ4n) is 2.55. The van der Waals surface area contributed by atoms with Crippen molar-refractivity contribution in [2.45, 2.75) is 19.4 Å². The summed E-state index contributed by atoms with van der Waals surface area (Å²) < 4.78 is 26.4. The Morgan fingerprint density at radius 1 is 1.48 bits per heavy atom. The van der Waals surface area contributed by atoms with E-state index in [1.807, 2.05) is 6.92 Å². The topological polar surface area (TPSA) is 83.7 Å². The Bertz CT molecular complexity index is 594. The van der Waals surface area contributed by atoms with Crippen molar-refractivity contribution in [3.63, 3.8) is 0 Å². The van der Waals surface area contributed by atoms with Crippen LogP contribution in [0.15, 0.2) is 12.1 Å². The number of carbonyl (C=O) groups excluding carboxylic acids is 1. The highest BCUT2D eigenvalue weighted by Gasteiger charge is 2.37. The minimum atomic E-state index is -1.38. The van der Waals surface area contributed by atoms with Crippen molar-refractivity contribution in [2.75, 3.05) is 13.2 Å². The molecule has 6 nitrogen and oxygen atoms in total. The van der Waals surface area contributed by atoms with Crippen LogP contribution in [0.25, 0.3) is 0 Å². The molecule has 1 heterocycles. The molecule has 2 unspecified atom stereocenters. The molecular weight excluding hydrogens is 286 g/mol. The van der Waals surface area contributed by atoms with Crippen LogP contribution in [0.2, 0.25) is 0 Å². The minimum Gasteiger partial charge on any atom is -0.394 e. The van der Waals surface area contributed by atoms with Crippen LogP contribution in [-0.2, 0) is 0 Å². The Morgan fingerprint density at radius 2 is 2.10 bits per heavy atom. The number of nitro groups is 1. The van der Waals surface area contributed by atoms with Crippen LogP contribution in [0, 0.1) is 27.7 Å². The molecule has 1 aliphatic heterocycles. The van der Waals surface area contributed by atoms with Crippen LogP contribution in [0.5, 0.6) is 0 Å². The van der Waals surface area contributed by atoms with Crippen molar-refractivity contribution < 1.29 is 23.6 Å². The zero-order valence-electron chi connectivity index (χ0n) is 11.3. The third-order valence-electron chi connectivity index (χ3n) is 3.80. The first-order valence-corrected chi connectivity index (χ1v) is 6.42. The van der Waals surface area contributed by atoms with Crippen LogP contribution >= 0.6 is 0 Å². The van der Waals surface area contributed by atoms with E-state index in [1.165, 1.54) is 4.90 Å². The highest BCUT2D eigenvalue weighted by Crippen LogP contribution is 2.29. The van der Waals surface area contributed by atoms with Crippen molar-refractivity contribution in [2.24, 2.45) is 5.92 Å². The van der Waals surface area contributed by atoms with Gasteiger partial charge in [0, 0.05) is 6.54 Å². The molecule has 1 fully saturated rings. The van der Waals surface area contributed by atoms with Gasteiger partial charge in [-0.25, -0.2) is 8.78 Å². The molecule has 1 aromatic rings. The lowest BCUT2D eigenvalue weighted by molar-refractivity contribution is -0.385. The Labute approximate surface area is 119 Å². The molecule has 1 saturated heterocycles. The SMILES string of the molecule is CC1CCN(C(=O)c2cc(F)c(F)cc2[N+](=O)[O-])C1CO. The molecule has 21 heavy (non-hydrogen) atoms. The highest BCUT2D eigenvalue weighted by molar-refractivity contribution is 5.98. The maximum Gasteiger partial charge on any atom is 0.285 e. The van der Waals surface area contributed by atoms with E-state index in [-0.39, 0.29) is 12.5 Å². The number of aliphatic hydroxyl groups is 1. The number of carbonyl (C=O) groups is 1. The second-order valence-corrected chi connectivity index (χ2v) is 5.06. The summed E-state index contributed by atoms with van der Waals surface area (Å²) in [5.41, 5.74) is -1.29. The molecular formula is C13H14F2N2O4. The molecule has 8 heteroatoms. The lowest BCUT2D eigenvalue weighted by Gasteiger charge is -2.25. The maximum absolute atomic E-state index is 13.3. The Hall–Kier alpha value is -2.09. The normalized spacial score (nSPS) is 21.6. The van der Waals surface area contributed by atoms with Gasteiger partial charge in [-0.3, -0.25) is 14.9 Å². The van der Waals surface area contributed by atoms with Gasteiger partial charge in [-0.1, -0.05) is 6.92 Å². The second-order valence-electron chi connectivity index (χ2n) is 5.06. The van der Waals surface area contributed by atoms with E-state index in [0.29, 0.717) is 25.1 Å². The molecule has 2 rings (SSSR count). The van der Waals surface area contributed by atoms with Crippen LogP contribution in [-0.4, -0.2) is 40.0 Å². The number of aliphatic hydroxyl groups excluding tert-OH is 1. The van der Waals surface area contributed by atoms with Gasteiger partial charge in [0.15, 0.2) is 11.6 Å². The summed E-state index contributed by atoms with van der Waals surface area (Å²) in [6, 6.07) is 0.452. The molecule has 0 aliphatic carbocycles. The van der Waals surface area contributed by atoms with Crippen molar-refractivity contribution >= 4 is 11.6 Å². The summed E-state index contributed by atoms with van der Waals surface area (Å²) in [6.07, 6.45) is 0.633. The van der Waals surface area contributed by atoms with Gasteiger partial charge in [0.2, 0.25) is 0 Å². The van der Waals surface area contributed by atoms with E-state index in [9.17, 15) is 28.8 Å². The first kappa shape index (κ1) is 15.3. The predicted molar refractivity (Wildman–Crippen MR) is 68.7 cm³/mol. The van der Waals surface area contributed by atoms with Crippen LogP contribution in [0.4, 0.5) is 14.5 Å². The molecule has 0 bridgehead atoms. The lowest BCUT2D eigenvalue weighted by Crippen LogP contribution is -2.40. The number of rotatable bonds is 3. The molecule has 0 aromatic heterocycles. The highest BCUT2D eigenvalue weighted by atomic mass is 19.2. The summed E-state index contributed by atoms with van der Waals surface area (Å²) in [4.78, 5) is 23.6. The summed E-state index contributed by atoms with van der Waals surface area (Å²) in [5.74, 6) is -3.45. The van der Waals surface area contributed by atoms with Gasteiger partial charge in [0.25, 0.3) is 11.6 Å². The summed E-state index contributed by atoms with van der Waals surface area (Å²) >= 11 is 0. The Balaban J connectivity index is 2.44. The number of nitrogens with zero attached hydrogens (tertiary/aromatic N) is 2. The number of nitro benzene ring substituents is 1. The zero-order valence-corrected chi connectivity index (χ0v) is 11.3. The van der Waals surface area contributed by atoms with E-state index >= 15 is 0 Å². The number of halogens is 2. The number of amides is 1. The Morgan fingerprint density at radius 3 is 2.67 bits per heavy atom. The minimum absolute atomic E-state index is 0.0308. The van der Waals surface area contributed by atoms with Gasteiger partial charge in [-0.05, 0) is 18.4 Å². The average molecular weight is 300 g/mol. The molecule has 114 valence electrons. The summed E-state index contributed by atoms with van der Waals surface area (Å²) in [6.45, 7) is 1.86. The molecule has 0 spiro atoms. The monoisotopic (exact) mass is 300 g/mol. The number of benzene rings is 1. The molecule has 1 N–H and O–H groups in total. The zero-order chi connectivity index (χ0) is 15.7. The fourth-order valence-corrected chi connectivity index (χ4v) is 2.55. The summed E-state index contributed by atoms with van der Waals surface area (Å²) in [7, 11) is 0. The largest absolute Gasteiger partial charge is 0.394 e. The molecule has 1 amide bonds. The third kappa shape index (κ3) is 2.71. The van der Waals surface area contributed by atoms with Crippen molar-refractivity contribution in [1.82, 2.24) is 4.90 Å². The summed E-state index contributed by atoms with van der Waals surface area (Å²) in [5, 5.41) is 20.2. The quantitative estimate of drug-likeness (QED) is 0.680. The van der Waals surface area contributed by atoms with Gasteiger partial charge in [-0.2, -0.15) is 0 Å². The van der Waals surface area contributed by atoms with E-state index in [1.54, 1.807) is 0 Å². The predicted octanol–water partition coefficient (Wildman–Crippen LogP) is 1.72. The lowest BCUT2D eigenvalue weighted by atomic mass is 10.0. The van der Waals surface area contributed by atoms with Crippen LogP contribution < -0.4 is 0 Å². The van der Waals surface area contributed by atoms with E-state index in [4.69, 9.17) is 0 Å². The molecule has 2 atom stereocenters. The van der Waals surface area contributed by atoms with Crippen molar-refractivity contribution in [3.8, 4) is 0 Å². The number of hydrogen-bond acceptors (Lipinski definition) is 4. The van der Waals surface area contributed by atoms with E-state index < -0.39 is 39.8 Å². The molecule has 1 aromatic carbocycles. The average Bonchev–Trinajstić information content (AvgIpc) is 2.81. The van der Waals surface area contributed by atoms with Crippen LogP contribution in [0.1, 0.15) is 23.7 Å². The first-order chi connectivity index (χ1) is 9.86. The van der Waals surface area contributed by atoms with E-state index in [2.05, 4.69) is 0 Å². The van der Waals surface area contributed by atoms with Crippen LogP contribution in [0.3, 0.4) is 0 Å². The smallest absolute Gasteiger partial charge is 0.285 e. The van der Waals surface area contributed by atoms with Gasteiger partial charge in [0.05, 0.1) is 23.6 Å². The van der Waals surface area contributed by atoms with E-state index in [0.717, 1.165) is 0 Å². The molecule has 0 saturated carbocycles. The second kappa shape index (κ2) is 5.72. The molecule has 0 radical (unpaired) electrons. The van der Waals surface area contributed by atoms with Gasteiger partial charge >= 0.3 is 0 Å². The standard InChI is InChI=1S/C13H14F2N2O4/c1-7-2-3-16(12(7)6-18)13(19)8-4-9(14)10(15)5-11(8)17(20)21/h4-5,7,12,18H,2-3,6H2,1H3. The number of hydrogen-bond donors (Lipinski definition) is 1. The maximum atomic E-state index is 13.3. The van der Waals surface area contributed by atoms with Gasteiger partial charge < -0.3 is 10.0 Å². The molecule has 1 aliphatic rings. The first-order valence-electron chi connectivity index (χ1n) is 6.42. The van der Waals surface area contributed by atoms with Crippen molar-refractivity contribution in [3.05, 3.63) is 39.4 Å². The van der Waals surface area contributed by atoms with Gasteiger partial charge in [-0.15, -0.1) is 0 Å². The Kier molecular flexibility index (Phi) is 4.17.